The molecule has 0 aliphatic carbocycles. The Morgan fingerprint density at radius 3 is 2.47 bits per heavy atom. The van der Waals surface area contributed by atoms with Crippen LogP contribution in [0, 0.1) is 0 Å². The van der Waals surface area contributed by atoms with Crippen LogP contribution in [0.5, 0.6) is 0 Å². The number of halogens is 2. The zero-order valence-electron chi connectivity index (χ0n) is 7.61. The van der Waals surface area contributed by atoms with Gasteiger partial charge < -0.3 is 5.73 Å². The molecule has 0 aliphatic heterocycles. The van der Waals surface area contributed by atoms with Crippen LogP contribution < -0.4 is 5.73 Å². The van der Waals surface area contributed by atoms with Crippen molar-refractivity contribution in [3.8, 4) is 11.1 Å². The first-order valence-electron chi connectivity index (χ1n) is 4.21. The minimum Gasteiger partial charge on any atom is -0.382 e. The van der Waals surface area contributed by atoms with E-state index >= 15 is 0 Å². The summed E-state index contributed by atoms with van der Waals surface area (Å²) in [5.41, 5.74) is 7.47. The summed E-state index contributed by atoms with van der Waals surface area (Å²) in [7, 11) is 0. The van der Waals surface area contributed by atoms with E-state index in [1.807, 2.05) is 24.3 Å². The van der Waals surface area contributed by atoms with Crippen molar-refractivity contribution in [3.63, 3.8) is 0 Å². The smallest absolute Gasteiger partial charge is 0.154 e. The molecule has 2 aromatic rings. The van der Waals surface area contributed by atoms with Gasteiger partial charge >= 0.3 is 0 Å². The Morgan fingerprint density at radius 2 is 1.80 bits per heavy atom. The molecule has 5 heteroatoms. The van der Waals surface area contributed by atoms with E-state index in [1.54, 1.807) is 6.07 Å². The van der Waals surface area contributed by atoms with Gasteiger partial charge in [-0.25, -0.2) is 0 Å². The molecule has 1 aromatic heterocycles. The highest BCUT2D eigenvalue weighted by atomic mass is 79.9. The van der Waals surface area contributed by atoms with Crippen LogP contribution >= 0.6 is 27.5 Å². The lowest BCUT2D eigenvalue weighted by atomic mass is 10.1. The first-order valence-corrected chi connectivity index (χ1v) is 5.38. The van der Waals surface area contributed by atoms with Gasteiger partial charge in [0.25, 0.3) is 0 Å². The Kier molecular flexibility index (Phi) is 2.88. The lowest BCUT2D eigenvalue weighted by molar-refractivity contribution is 1.04. The van der Waals surface area contributed by atoms with Gasteiger partial charge in [-0.1, -0.05) is 39.7 Å². The zero-order chi connectivity index (χ0) is 10.8. The highest BCUT2D eigenvalue weighted by molar-refractivity contribution is 9.10. The molecule has 2 N–H and O–H groups in total. The number of aromatic nitrogens is 2. The maximum Gasteiger partial charge on any atom is 0.154 e. The highest BCUT2D eigenvalue weighted by Gasteiger charge is 2.05. The topological polar surface area (TPSA) is 51.8 Å². The molecular weight excluding hydrogens is 277 g/mol. The standard InChI is InChI=1S/C10H7BrClN3/c11-7-3-1-6(2-4-7)8-5-9(12)14-15-10(8)13/h1-5H,(H2,13,15). The second kappa shape index (κ2) is 4.16. The van der Waals surface area contributed by atoms with Crippen molar-refractivity contribution in [1.82, 2.24) is 10.2 Å². The van der Waals surface area contributed by atoms with Gasteiger partial charge in [-0.2, -0.15) is 0 Å². The summed E-state index contributed by atoms with van der Waals surface area (Å²) in [6, 6.07) is 9.45. The number of rotatable bonds is 1. The lowest BCUT2D eigenvalue weighted by Crippen LogP contribution is -1.96. The molecule has 0 unspecified atom stereocenters. The van der Waals surface area contributed by atoms with Gasteiger partial charge in [0.2, 0.25) is 0 Å². The Balaban J connectivity index is 2.53. The Hall–Kier alpha value is -1.13. The highest BCUT2D eigenvalue weighted by Crippen LogP contribution is 2.26. The van der Waals surface area contributed by atoms with E-state index in [9.17, 15) is 0 Å². The van der Waals surface area contributed by atoms with Gasteiger partial charge in [-0.05, 0) is 23.8 Å². The maximum atomic E-state index is 5.76. The normalized spacial score (nSPS) is 10.3. The summed E-state index contributed by atoms with van der Waals surface area (Å²) < 4.78 is 1.01. The van der Waals surface area contributed by atoms with Crippen molar-refractivity contribution < 1.29 is 0 Å². The summed E-state index contributed by atoms with van der Waals surface area (Å²) in [6.07, 6.45) is 0. The average molecular weight is 285 g/mol. The van der Waals surface area contributed by atoms with Gasteiger partial charge in [-0.3, -0.25) is 0 Å². The van der Waals surface area contributed by atoms with Gasteiger partial charge in [0, 0.05) is 10.0 Å². The van der Waals surface area contributed by atoms with Crippen molar-refractivity contribution in [2.45, 2.75) is 0 Å². The fraction of sp³-hybridized carbons (Fsp3) is 0. The lowest BCUT2D eigenvalue weighted by Gasteiger charge is -2.04. The maximum absolute atomic E-state index is 5.76. The molecule has 0 saturated heterocycles. The molecule has 0 saturated carbocycles. The van der Waals surface area contributed by atoms with E-state index in [1.165, 1.54) is 0 Å². The number of hydrogen-bond donors (Lipinski definition) is 1. The molecule has 0 bridgehead atoms. The number of nitrogens with two attached hydrogens (primary N) is 1. The Labute approximate surface area is 100 Å². The number of nitrogen functional groups attached to an aromatic ring is 1. The van der Waals surface area contributed by atoms with Crippen LogP contribution in [0.25, 0.3) is 11.1 Å². The molecule has 1 heterocycles. The second-order valence-electron chi connectivity index (χ2n) is 2.97. The largest absolute Gasteiger partial charge is 0.382 e. The fourth-order valence-corrected chi connectivity index (χ4v) is 1.65. The minimum absolute atomic E-state index is 0.335. The fourth-order valence-electron chi connectivity index (χ4n) is 1.24. The van der Waals surface area contributed by atoms with E-state index in [2.05, 4.69) is 26.1 Å². The van der Waals surface area contributed by atoms with E-state index in [4.69, 9.17) is 17.3 Å². The molecule has 0 amide bonds. The first-order chi connectivity index (χ1) is 7.16. The van der Waals surface area contributed by atoms with Crippen LogP contribution in [-0.4, -0.2) is 10.2 Å². The number of nitrogens with zero attached hydrogens (tertiary/aromatic N) is 2. The van der Waals surface area contributed by atoms with Crippen LogP contribution in [0.3, 0.4) is 0 Å². The van der Waals surface area contributed by atoms with E-state index in [0.29, 0.717) is 11.0 Å². The minimum atomic E-state index is 0.335. The molecule has 0 aliphatic rings. The number of hydrogen-bond acceptors (Lipinski definition) is 3. The SMILES string of the molecule is Nc1nnc(Cl)cc1-c1ccc(Br)cc1. The Bertz CT molecular complexity index is 485. The second-order valence-corrected chi connectivity index (χ2v) is 4.28. The van der Waals surface area contributed by atoms with Crippen molar-refractivity contribution in [3.05, 3.63) is 40.0 Å². The van der Waals surface area contributed by atoms with E-state index in [0.717, 1.165) is 15.6 Å². The number of anilines is 1. The molecular formula is C10H7BrClN3. The van der Waals surface area contributed by atoms with Gasteiger partial charge in [-0.15, -0.1) is 10.2 Å². The molecule has 76 valence electrons. The zero-order valence-corrected chi connectivity index (χ0v) is 9.96. The number of benzene rings is 1. The summed E-state index contributed by atoms with van der Waals surface area (Å²) in [5, 5.41) is 7.76. The van der Waals surface area contributed by atoms with Crippen molar-refractivity contribution in [2.24, 2.45) is 0 Å². The van der Waals surface area contributed by atoms with Crippen molar-refractivity contribution >= 4 is 33.3 Å². The van der Waals surface area contributed by atoms with Gasteiger partial charge in [0.15, 0.2) is 11.0 Å². The van der Waals surface area contributed by atoms with Crippen molar-refractivity contribution in [1.29, 1.82) is 0 Å². The van der Waals surface area contributed by atoms with Gasteiger partial charge in [0.1, 0.15) is 0 Å². The van der Waals surface area contributed by atoms with E-state index in [-0.39, 0.29) is 0 Å². The third-order valence-electron chi connectivity index (χ3n) is 1.95. The Morgan fingerprint density at radius 1 is 1.13 bits per heavy atom. The average Bonchev–Trinajstić information content (AvgIpc) is 2.23. The molecule has 15 heavy (non-hydrogen) atoms. The molecule has 3 nitrogen and oxygen atoms in total. The van der Waals surface area contributed by atoms with Crippen LogP contribution in [0.15, 0.2) is 34.8 Å². The van der Waals surface area contributed by atoms with Crippen molar-refractivity contribution in [2.75, 3.05) is 5.73 Å². The third-order valence-corrected chi connectivity index (χ3v) is 2.66. The molecule has 0 fully saturated rings. The third kappa shape index (κ3) is 2.27. The van der Waals surface area contributed by atoms with Crippen LogP contribution in [0.4, 0.5) is 5.82 Å². The van der Waals surface area contributed by atoms with Crippen LogP contribution in [0.1, 0.15) is 0 Å². The summed E-state index contributed by atoms with van der Waals surface area (Å²) >= 11 is 9.13. The molecule has 0 radical (unpaired) electrons. The summed E-state index contributed by atoms with van der Waals surface area (Å²) in [6.45, 7) is 0. The monoisotopic (exact) mass is 283 g/mol. The molecule has 0 atom stereocenters. The first kappa shape index (κ1) is 10.4. The van der Waals surface area contributed by atoms with Crippen LogP contribution in [-0.2, 0) is 0 Å². The van der Waals surface area contributed by atoms with Gasteiger partial charge in [0.05, 0.1) is 0 Å². The molecule has 2 rings (SSSR count). The van der Waals surface area contributed by atoms with Crippen LogP contribution in [0.2, 0.25) is 5.15 Å². The molecule has 1 aromatic carbocycles. The quantitative estimate of drug-likeness (QED) is 0.875. The molecule has 0 spiro atoms. The van der Waals surface area contributed by atoms with E-state index < -0.39 is 0 Å². The summed E-state index contributed by atoms with van der Waals surface area (Å²) in [4.78, 5) is 0. The summed E-state index contributed by atoms with van der Waals surface area (Å²) in [5.74, 6) is 0.377. The predicted octanol–water partition coefficient (Wildman–Crippen LogP) is 3.14. The predicted molar refractivity (Wildman–Crippen MR) is 64.6 cm³/mol.